The van der Waals surface area contributed by atoms with Gasteiger partial charge in [-0.1, -0.05) is 0 Å². The van der Waals surface area contributed by atoms with Crippen LogP contribution in [-0.2, 0) is 13.6 Å². The number of hydrogen-bond donors (Lipinski definition) is 1. The van der Waals surface area contributed by atoms with E-state index in [4.69, 9.17) is 9.05 Å². The molecule has 0 radical (unpaired) electrons. The molecule has 0 fully saturated rings. The fourth-order valence-corrected chi connectivity index (χ4v) is 4.88. The summed E-state index contributed by atoms with van der Waals surface area (Å²) in [6.07, 6.45) is 4.31. The SMILES string of the molecule is CCOP(=O)(OCC)C(C)n1c(=O)c(=O)[nH]c2cc(-n3ccnc3)c([N+](=O)[O-])cc21. The first-order valence-corrected chi connectivity index (χ1v) is 10.7. The molecule has 0 amide bonds. The Labute approximate surface area is 169 Å². The van der Waals surface area contributed by atoms with Gasteiger partial charge in [-0.05, 0) is 26.8 Å². The van der Waals surface area contributed by atoms with E-state index in [0.29, 0.717) is 0 Å². The molecule has 1 unspecified atom stereocenters. The standard InChI is InChI=1S/C17H20N5O7P/c1-4-28-30(27,29-5-2)11(3)21-13-9-15(22(25)26)14(20-7-6-18-10-20)8-12(13)19-16(23)17(21)24/h6-11H,4-5H2,1-3H3,(H,19,23). The van der Waals surface area contributed by atoms with Gasteiger partial charge in [0.2, 0.25) is 0 Å². The van der Waals surface area contributed by atoms with Crippen LogP contribution in [0, 0.1) is 10.1 Å². The van der Waals surface area contributed by atoms with Crippen molar-refractivity contribution in [2.75, 3.05) is 13.2 Å². The average molecular weight is 437 g/mol. The Balaban J connectivity index is 2.37. The number of aromatic nitrogens is 4. The second-order valence-electron chi connectivity index (χ2n) is 6.22. The molecule has 0 bridgehead atoms. The lowest BCUT2D eigenvalue weighted by Crippen LogP contribution is -2.38. The summed E-state index contributed by atoms with van der Waals surface area (Å²) in [6.45, 7) is 4.71. The van der Waals surface area contributed by atoms with Crippen LogP contribution in [0.15, 0.2) is 40.4 Å². The number of nitro groups is 1. The average Bonchev–Trinajstić information content (AvgIpc) is 3.22. The predicted molar refractivity (Wildman–Crippen MR) is 108 cm³/mol. The highest BCUT2D eigenvalue weighted by Gasteiger charge is 2.36. The van der Waals surface area contributed by atoms with Gasteiger partial charge >= 0.3 is 18.7 Å². The maximum Gasteiger partial charge on any atom is 0.353 e. The molecule has 0 aliphatic rings. The van der Waals surface area contributed by atoms with Crippen LogP contribution >= 0.6 is 7.60 Å². The molecular formula is C17H20N5O7P. The molecule has 1 N–H and O–H groups in total. The van der Waals surface area contributed by atoms with Gasteiger partial charge in [0.15, 0.2) is 0 Å². The Kier molecular flexibility index (Phi) is 6.01. The molecule has 1 atom stereocenters. The van der Waals surface area contributed by atoms with Gasteiger partial charge in [0.25, 0.3) is 5.69 Å². The molecule has 0 saturated heterocycles. The molecule has 0 saturated carbocycles. The third-order valence-corrected chi connectivity index (χ3v) is 6.82. The van der Waals surface area contributed by atoms with Crippen LogP contribution in [-0.4, -0.2) is 37.2 Å². The quantitative estimate of drug-likeness (QED) is 0.244. The number of nitro benzene ring substituents is 1. The number of fused-ring (bicyclic) bond motifs is 1. The van der Waals surface area contributed by atoms with E-state index >= 15 is 0 Å². The molecular weight excluding hydrogens is 417 g/mol. The Hall–Kier alpha value is -3.08. The Morgan fingerprint density at radius 1 is 1.27 bits per heavy atom. The maximum absolute atomic E-state index is 13.2. The first kappa shape index (κ1) is 21.6. The lowest BCUT2D eigenvalue weighted by Gasteiger charge is -2.25. The normalized spacial score (nSPS) is 12.9. The number of nitrogens with one attached hydrogen (secondary N) is 1. The van der Waals surface area contributed by atoms with Gasteiger partial charge in [0, 0.05) is 18.5 Å². The summed E-state index contributed by atoms with van der Waals surface area (Å²) in [7, 11) is -3.86. The van der Waals surface area contributed by atoms with Crippen molar-refractivity contribution in [1.82, 2.24) is 19.1 Å². The Morgan fingerprint density at radius 2 is 1.93 bits per heavy atom. The third-order valence-electron chi connectivity index (χ3n) is 4.44. The van der Waals surface area contributed by atoms with Crippen molar-refractivity contribution < 1.29 is 18.5 Å². The molecule has 13 heteroatoms. The molecule has 3 rings (SSSR count). The van der Waals surface area contributed by atoms with E-state index in [9.17, 15) is 24.3 Å². The first-order valence-electron chi connectivity index (χ1n) is 9.07. The molecule has 30 heavy (non-hydrogen) atoms. The second kappa shape index (κ2) is 8.34. The summed E-state index contributed by atoms with van der Waals surface area (Å²) in [5.74, 6) is -1.20. The smallest absolute Gasteiger partial charge is 0.316 e. The molecule has 160 valence electrons. The lowest BCUT2D eigenvalue weighted by molar-refractivity contribution is -0.384. The predicted octanol–water partition coefficient (Wildman–Crippen LogP) is 2.57. The zero-order valence-corrected chi connectivity index (χ0v) is 17.4. The monoisotopic (exact) mass is 437 g/mol. The first-order chi connectivity index (χ1) is 14.2. The fourth-order valence-electron chi connectivity index (χ4n) is 3.14. The highest BCUT2D eigenvalue weighted by molar-refractivity contribution is 7.53. The van der Waals surface area contributed by atoms with E-state index in [2.05, 4.69) is 9.97 Å². The zero-order valence-electron chi connectivity index (χ0n) is 16.5. The zero-order chi connectivity index (χ0) is 22.1. The second-order valence-corrected chi connectivity index (χ2v) is 8.57. The largest absolute Gasteiger partial charge is 0.353 e. The number of rotatable bonds is 8. The highest BCUT2D eigenvalue weighted by atomic mass is 31.2. The maximum atomic E-state index is 13.2. The van der Waals surface area contributed by atoms with Crippen LogP contribution in [0.5, 0.6) is 0 Å². The summed E-state index contributed by atoms with van der Waals surface area (Å²) >= 11 is 0. The van der Waals surface area contributed by atoms with Gasteiger partial charge in [0.1, 0.15) is 11.5 Å². The Bertz CT molecular complexity index is 1240. The number of imidazole rings is 1. The summed E-state index contributed by atoms with van der Waals surface area (Å²) < 4.78 is 26.2. The summed E-state index contributed by atoms with van der Waals surface area (Å²) in [4.78, 5) is 42.4. The number of benzene rings is 1. The van der Waals surface area contributed by atoms with E-state index in [0.717, 1.165) is 10.6 Å². The van der Waals surface area contributed by atoms with E-state index in [1.54, 1.807) is 13.8 Å². The van der Waals surface area contributed by atoms with Crippen LogP contribution < -0.4 is 11.1 Å². The molecule has 1 aromatic carbocycles. The minimum Gasteiger partial charge on any atom is -0.316 e. The van der Waals surface area contributed by atoms with Gasteiger partial charge in [-0.3, -0.25) is 28.8 Å². The van der Waals surface area contributed by atoms with Crippen molar-refractivity contribution in [1.29, 1.82) is 0 Å². The van der Waals surface area contributed by atoms with Gasteiger partial charge in [0.05, 0.1) is 35.5 Å². The van der Waals surface area contributed by atoms with Gasteiger partial charge in [-0.2, -0.15) is 0 Å². The Morgan fingerprint density at radius 3 is 2.47 bits per heavy atom. The molecule has 0 aliphatic carbocycles. The van der Waals surface area contributed by atoms with Gasteiger partial charge in [-0.25, -0.2) is 4.98 Å². The van der Waals surface area contributed by atoms with Gasteiger partial charge in [-0.15, -0.1) is 0 Å². The van der Waals surface area contributed by atoms with E-state index in [1.165, 1.54) is 36.3 Å². The highest BCUT2D eigenvalue weighted by Crippen LogP contribution is 2.58. The fraction of sp³-hybridized carbons (Fsp3) is 0.353. The summed E-state index contributed by atoms with van der Waals surface area (Å²) in [6, 6.07) is 2.49. The third kappa shape index (κ3) is 3.72. The van der Waals surface area contributed by atoms with Crippen molar-refractivity contribution in [3.05, 3.63) is 61.7 Å². The van der Waals surface area contributed by atoms with Gasteiger partial charge < -0.3 is 18.6 Å². The number of aromatic amines is 1. The van der Waals surface area contributed by atoms with Crippen LogP contribution in [0.1, 0.15) is 26.6 Å². The minimum absolute atomic E-state index is 0.0160. The molecule has 3 aromatic rings. The summed E-state index contributed by atoms with van der Waals surface area (Å²) in [5.41, 5.74) is -2.05. The molecule has 2 aromatic heterocycles. The van der Waals surface area contributed by atoms with E-state index < -0.39 is 29.4 Å². The van der Waals surface area contributed by atoms with Crippen molar-refractivity contribution >= 4 is 24.3 Å². The molecule has 0 aliphatic heterocycles. The summed E-state index contributed by atoms with van der Waals surface area (Å²) in [5, 5.41) is 11.7. The molecule has 12 nitrogen and oxygen atoms in total. The van der Waals surface area contributed by atoms with Crippen molar-refractivity contribution in [2.24, 2.45) is 0 Å². The van der Waals surface area contributed by atoms with Crippen molar-refractivity contribution in [3.63, 3.8) is 0 Å². The molecule has 0 spiro atoms. The van der Waals surface area contributed by atoms with E-state index in [-0.39, 0.29) is 35.6 Å². The number of hydrogen-bond acceptors (Lipinski definition) is 8. The van der Waals surface area contributed by atoms with E-state index in [1.807, 2.05) is 0 Å². The molecule has 2 heterocycles. The number of nitrogens with zero attached hydrogens (tertiary/aromatic N) is 4. The lowest BCUT2D eigenvalue weighted by atomic mass is 10.2. The van der Waals surface area contributed by atoms with Crippen LogP contribution in [0.2, 0.25) is 0 Å². The van der Waals surface area contributed by atoms with Crippen LogP contribution in [0.4, 0.5) is 5.69 Å². The topological polar surface area (TPSA) is 151 Å². The minimum atomic E-state index is -3.86. The van der Waals surface area contributed by atoms with Crippen molar-refractivity contribution in [3.8, 4) is 5.69 Å². The van der Waals surface area contributed by atoms with Crippen LogP contribution in [0.3, 0.4) is 0 Å². The number of H-pyrrole nitrogens is 1. The van der Waals surface area contributed by atoms with Crippen LogP contribution in [0.25, 0.3) is 16.7 Å². The van der Waals surface area contributed by atoms with Crippen molar-refractivity contribution in [2.45, 2.75) is 26.6 Å².